The van der Waals surface area contributed by atoms with Gasteiger partial charge in [0, 0.05) is 23.1 Å². The van der Waals surface area contributed by atoms with Crippen molar-refractivity contribution in [2.45, 2.75) is 0 Å². The number of ether oxygens (including phenoxy) is 1. The molecule has 0 aliphatic heterocycles. The fourth-order valence-electron chi connectivity index (χ4n) is 2.97. The van der Waals surface area contributed by atoms with Gasteiger partial charge in [0.2, 0.25) is 5.13 Å². The number of methoxy groups -OCH3 is 1. The molecule has 158 valence electrons. The second-order valence-electron chi connectivity index (χ2n) is 6.52. The number of nitrogens with one attached hydrogen (secondary N) is 1. The van der Waals surface area contributed by atoms with Gasteiger partial charge >= 0.3 is 0 Å². The summed E-state index contributed by atoms with van der Waals surface area (Å²) in [6, 6.07) is 20.3. The van der Waals surface area contributed by atoms with Crippen LogP contribution in [0.4, 0.5) is 5.13 Å². The van der Waals surface area contributed by atoms with Crippen molar-refractivity contribution in [1.82, 2.24) is 14.8 Å². The molecule has 4 rings (SSSR count). The van der Waals surface area contributed by atoms with Crippen molar-refractivity contribution in [2.24, 2.45) is 0 Å². The Hall–Kier alpha value is -3.93. The normalized spacial score (nSPS) is 11.1. The van der Waals surface area contributed by atoms with Crippen molar-refractivity contribution in [3.05, 3.63) is 83.2 Å². The predicted molar refractivity (Wildman–Crippen MR) is 125 cm³/mol. The molecule has 2 aromatic carbocycles. The lowest BCUT2D eigenvalue weighted by Gasteiger charge is -2.08. The van der Waals surface area contributed by atoms with E-state index in [1.807, 2.05) is 71.4 Å². The van der Waals surface area contributed by atoms with Gasteiger partial charge in [-0.05, 0) is 48.5 Å². The standard InChI is InChI=1S/C23H16ClN5O2S/c1-31-18-10-8-16(9-11-18)29-12-4-5-17(29)13-15(14-25)21(30)26-23-28-27-22(32-23)19-6-2-3-7-20(19)24/h2-13H,1H3,(H,26,28,30). The van der Waals surface area contributed by atoms with Gasteiger partial charge in [0.15, 0.2) is 5.01 Å². The monoisotopic (exact) mass is 461 g/mol. The fourth-order valence-corrected chi connectivity index (χ4v) is 4.03. The molecule has 9 heteroatoms. The summed E-state index contributed by atoms with van der Waals surface area (Å²) in [6.07, 6.45) is 3.37. The summed E-state index contributed by atoms with van der Waals surface area (Å²) in [4.78, 5) is 12.7. The average Bonchev–Trinajstić information content (AvgIpc) is 3.47. The molecule has 1 amide bonds. The van der Waals surface area contributed by atoms with Crippen LogP contribution in [0, 0.1) is 11.3 Å². The Morgan fingerprint density at radius 2 is 1.94 bits per heavy atom. The van der Waals surface area contributed by atoms with Crippen LogP contribution in [0.25, 0.3) is 22.3 Å². The van der Waals surface area contributed by atoms with Crippen molar-refractivity contribution in [3.8, 4) is 28.1 Å². The SMILES string of the molecule is COc1ccc(-n2cccc2C=C(C#N)C(=O)Nc2nnc(-c3ccccc3Cl)s2)cc1. The second-order valence-corrected chi connectivity index (χ2v) is 7.90. The third-order valence-electron chi connectivity index (χ3n) is 4.54. The summed E-state index contributed by atoms with van der Waals surface area (Å²) in [7, 11) is 1.60. The van der Waals surface area contributed by atoms with Crippen LogP contribution in [0.2, 0.25) is 5.02 Å². The van der Waals surface area contributed by atoms with Crippen LogP contribution in [0.5, 0.6) is 5.75 Å². The van der Waals surface area contributed by atoms with Crippen molar-refractivity contribution in [1.29, 1.82) is 5.26 Å². The Morgan fingerprint density at radius 1 is 1.16 bits per heavy atom. The largest absolute Gasteiger partial charge is 0.497 e. The number of hydrogen-bond acceptors (Lipinski definition) is 6. The van der Waals surface area contributed by atoms with E-state index in [1.165, 1.54) is 17.4 Å². The summed E-state index contributed by atoms with van der Waals surface area (Å²) in [5.74, 6) is 0.167. The molecule has 1 N–H and O–H groups in total. The number of rotatable bonds is 6. The summed E-state index contributed by atoms with van der Waals surface area (Å²) in [5.41, 5.74) is 2.21. The summed E-state index contributed by atoms with van der Waals surface area (Å²) in [6.45, 7) is 0. The number of amides is 1. The van der Waals surface area contributed by atoms with Gasteiger partial charge in [-0.1, -0.05) is 41.1 Å². The molecule has 0 bridgehead atoms. The Balaban J connectivity index is 1.55. The van der Waals surface area contributed by atoms with E-state index in [1.54, 1.807) is 13.2 Å². The Morgan fingerprint density at radius 3 is 2.66 bits per heavy atom. The highest BCUT2D eigenvalue weighted by molar-refractivity contribution is 7.18. The quantitative estimate of drug-likeness (QED) is 0.314. The van der Waals surface area contributed by atoms with Gasteiger partial charge in [-0.2, -0.15) is 5.26 Å². The van der Waals surface area contributed by atoms with Crippen molar-refractivity contribution in [2.75, 3.05) is 12.4 Å². The molecule has 0 aliphatic carbocycles. The minimum atomic E-state index is -0.572. The van der Waals surface area contributed by atoms with E-state index in [0.29, 0.717) is 15.7 Å². The van der Waals surface area contributed by atoms with Crippen LogP contribution in [-0.2, 0) is 4.79 Å². The molecule has 0 unspecified atom stereocenters. The predicted octanol–water partition coefficient (Wildman–Crippen LogP) is 5.20. The lowest BCUT2D eigenvalue weighted by Crippen LogP contribution is -2.13. The van der Waals surface area contributed by atoms with Gasteiger partial charge in [0.25, 0.3) is 5.91 Å². The Labute approximate surface area is 193 Å². The lowest BCUT2D eigenvalue weighted by atomic mass is 10.2. The van der Waals surface area contributed by atoms with Gasteiger partial charge in [-0.15, -0.1) is 10.2 Å². The smallest absolute Gasteiger partial charge is 0.268 e. The third-order valence-corrected chi connectivity index (χ3v) is 5.74. The molecular weight excluding hydrogens is 446 g/mol. The van der Waals surface area contributed by atoms with Crippen LogP contribution in [0.3, 0.4) is 0 Å². The maximum absolute atomic E-state index is 12.7. The van der Waals surface area contributed by atoms with Crippen molar-refractivity contribution in [3.63, 3.8) is 0 Å². The number of aromatic nitrogens is 3. The number of carbonyl (C=O) groups excluding carboxylic acids is 1. The number of anilines is 1. The first-order chi connectivity index (χ1) is 15.6. The molecule has 7 nitrogen and oxygen atoms in total. The van der Waals surface area contributed by atoms with E-state index in [4.69, 9.17) is 16.3 Å². The zero-order valence-electron chi connectivity index (χ0n) is 16.8. The van der Waals surface area contributed by atoms with Crippen LogP contribution < -0.4 is 10.1 Å². The van der Waals surface area contributed by atoms with Gasteiger partial charge in [0.05, 0.1) is 12.1 Å². The number of benzene rings is 2. The number of hydrogen-bond donors (Lipinski definition) is 1. The van der Waals surface area contributed by atoms with Gasteiger partial charge in [-0.25, -0.2) is 0 Å². The molecule has 0 radical (unpaired) electrons. The third kappa shape index (κ3) is 4.54. The lowest BCUT2D eigenvalue weighted by molar-refractivity contribution is -0.112. The van der Waals surface area contributed by atoms with Gasteiger partial charge in [0.1, 0.15) is 17.4 Å². The topological polar surface area (TPSA) is 92.8 Å². The first kappa shape index (κ1) is 21.3. The van der Waals surface area contributed by atoms with E-state index in [0.717, 1.165) is 17.0 Å². The second kappa shape index (κ2) is 9.47. The highest BCUT2D eigenvalue weighted by Crippen LogP contribution is 2.31. The molecule has 0 aliphatic rings. The molecule has 0 saturated heterocycles. The van der Waals surface area contributed by atoms with E-state index in [9.17, 15) is 10.1 Å². The van der Waals surface area contributed by atoms with Crippen molar-refractivity contribution < 1.29 is 9.53 Å². The summed E-state index contributed by atoms with van der Waals surface area (Å²) in [5, 5.41) is 21.7. The number of halogens is 1. The minimum Gasteiger partial charge on any atom is -0.497 e. The highest BCUT2D eigenvalue weighted by atomic mass is 35.5. The molecule has 0 spiro atoms. The number of nitrogens with zero attached hydrogens (tertiary/aromatic N) is 4. The highest BCUT2D eigenvalue weighted by Gasteiger charge is 2.15. The number of nitriles is 1. The van der Waals surface area contributed by atoms with Crippen LogP contribution in [0.15, 0.2) is 72.4 Å². The first-order valence-electron chi connectivity index (χ1n) is 9.42. The van der Waals surface area contributed by atoms with Crippen LogP contribution in [-0.4, -0.2) is 27.8 Å². The molecule has 2 heterocycles. The minimum absolute atomic E-state index is 0.0621. The van der Waals surface area contributed by atoms with Gasteiger partial charge < -0.3 is 9.30 Å². The molecule has 0 fully saturated rings. The van der Waals surface area contributed by atoms with E-state index in [-0.39, 0.29) is 10.7 Å². The molecule has 32 heavy (non-hydrogen) atoms. The maximum Gasteiger partial charge on any atom is 0.268 e. The average molecular weight is 462 g/mol. The molecule has 0 saturated carbocycles. The van der Waals surface area contributed by atoms with E-state index < -0.39 is 5.91 Å². The van der Waals surface area contributed by atoms with Crippen LogP contribution >= 0.6 is 22.9 Å². The zero-order valence-corrected chi connectivity index (χ0v) is 18.4. The Bertz CT molecular complexity index is 1330. The van der Waals surface area contributed by atoms with Crippen LogP contribution in [0.1, 0.15) is 5.69 Å². The first-order valence-corrected chi connectivity index (χ1v) is 10.6. The molecular formula is C23H16ClN5O2S. The van der Waals surface area contributed by atoms with Gasteiger partial charge in [-0.3, -0.25) is 10.1 Å². The summed E-state index contributed by atoms with van der Waals surface area (Å²) >= 11 is 7.37. The van der Waals surface area contributed by atoms with Crippen molar-refractivity contribution >= 4 is 40.1 Å². The van der Waals surface area contributed by atoms with E-state index >= 15 is 0 Å². The Kier molecular flexibility index (Phi) is 6.31. The summed E-state index contributed by atoms with van der Waals surface area (Å²) < 4.78 is 7.05. The zero-order chi connectivity index (χ0) is 22.5. The molecule has 0 atom stereocenters. The van der Waals surface area contributed by atoms with E-state index in [2.05, 4.69) is 15.5 Å². The fraction of sp³-hybridized carbons (Fsp3) is 0.0435. The molecule has 2 aromatic heterocycles. The molecule has 4 aromatic rings. The number of carbonyl (C=O) groups is 1. The maximum atomic E-state index is 12.7.